The molecule has 0 saturated heterocycles. The Balaban J connectivity index is 0.00000544. The van der Waals surface area contributed by atoms with Crippen LogP contribution in [0.25, 0.3) is 0 Å². The van der Waals surface area contributed by atoms with Crippen molar-refractivity contribution in [3.8, 4) is 0 Å². The molecule has 2 aromatic rings. The van der Waals surface area contributed by atoms with Crippen LogP contribution in [0.2, 0.25) is 0 Å². The van der Waals surface area contributed by atoms with Gasteiger partial charge >= 0.3 is 6.09 Å². The van der Waals surface area contributed by atoms with Crippen molar-refractivity contribution in [2.24, 2.45) is 4.99 Å². The molecule has 0 fully saturated rings. The van der Waals surface area contributed by atoms with E-state index in [2.05, 4.69) is 28.0 Å². The van der Waals surface area contributed by atoms with Gasteiger partial charge in [0.15, 0.2) is 5.96 Å². The fraction of sp³-hybridized carbons (Fsp3) is 0.542. The predicted octanol–water partition coefficient (Wildman–Crippen LogP) is 4.74. The molecule has 2 rings (SSSR count). The van der Waals surface area contributed by atoms with Crippen LogP contribution in [0.1, 0.15) is 70.2 Å². The Morgan fingerprint density at radius 3 is 2.39 bits per heavy atom. The molecule has 3 N–H and O–H groups in total. The number of nitrogens with zero attached hydrogens (tertiary/aromatic N) is 2. The van der Waals surface area contributed by atoms with Crippen LogP contribution in [-0.2, 0) is 24.1 Å². The number of rotatable bonds is 9. The molecule has 1 atom stereocenters. The molecule has 1 amide bonds. The second kappa shape index (κ2) is 14.1. The van der Waals surface area contributed by atoms with Crippen LogP contribution in [0, 0.1) is 0 Å². The predicted molar refractivity (Wildman–Crippen MR) is 142 cm³/mol. The first-order valence-electron chi connectivity index (χ1n) is 11.3. The molecule has 184 valence electrons. The Morgan fingerprint density at radius 1 is 1.12 bits per heavy atom. The van der Waals surface area contributed by atoms with Crippen LogP contribution >= 0.6 is 24.0 Å². The largest absolute Gasteiger partial charge is 0.444 e. The summed E-state index contributed by atoms with van der Waals surface area (Å²) < 4.78 is 10.9. The molecular weight excluding hydrogens is 533 g/mol. The summed E-state index contributed by atoms with van der Waals surface area (Å²) in [4.78, 5) is 17.1. The summed E-state index contributed by atoms with van der Waals surface area (Å²) in [6, 6.07) is 9.51. The zero-order valence-electron chi connectivity index (χ0n) is 20.5. The van der Waals surface area contributed by atoms with E-state index in [4.69, 9.17) is 14.3 Å². The molecule has 0 aliphatic heterocycles. The lowest BCUT2D eigenvalue weighted by atomic mass is 10.1. The van der Waals surface area contributed by atoms with E-state index >= 15 is 0 Å². The maximum atomic E-state index is 12.4. The number of carbonyl (C=O) groups excluding carboxylic acids is 1. The minimum absolute atomic E-state index is 0. The van der Waals surface area contributed by atoms with Crippen molar-refractivity contribution in [1.82, 2.24) is 21.1 Å². The average molecular weight is 572 g/mol. The minimum Gasteiger partial charge on any atom is -0.444 e. The van der Waals surface area contributed by atoms with Gasteiger partial charge in [0, 0.05) is 25.1 Å². The van der Waals surface area contributed by atoms with Gasteiger partial charge in [-0.25, -0.2) is 9.79 Å². The number of aromatic nitrogens is 1. The van der Waals surface area contributed by atoms with Gasteiger partial charge in [-0.2, -0.15) is 0 Å². The molecule has 0 spiro atoms. The van der Waals surface area contributed by atoms with Gasteiger partial charge in [-0.15, -0.1) is 24.0 Å². The SMILES string of the molecule is CCNC(=NCc1c(CC)noc1CC)NCC(NC(=O)OC(C)(C)C)c1ccccc1.I. The summed E-state index contributed by atoms with van der Waals surface area (Å²) in [6.45, 7) is 13.3. The third-order valence-corrected chi connectivity index (χ3v) is 4.71. The quantitative estimate of drug-likeness (QED) is 0.229. The molecule has 0 radical (unpaired) electrons. The Hall–Kier alpha value is -2.30. The van der Waals surface area contributed by atoms with E-state index < -0.39 is 11.7 Å². The average Bonchev–Trinajstić information content (AvgIpc) is 3.16. The van der Waals surface area contributed by atoms with Crippen molar-refractivity contribution in [3.05, 3.63) is 52.9 Å². The summed E-state index contributed by atoms with van der Waals surface area (Å²) in [5, 5.41) is 13.7. The van der Waals surface area contributed by atoms with Gasteiger partial charge in [-0.3, -0.25) is 0 Å². The van der Waals surface area contributed by atoms with Crippen LogP contribution in [0.3, 0.4) is 0 Å². The summed E-state index contributed by atoms with van der Waals surface area (Å²) in [5.74, 6) is 1.53. The van der Waals surface area contributed by atoms with Crippen LogP contribution in [-0.4, -0.2) is 35.9 Å². The van der Waals surface area contributed by atoms with Gasteiger partial charge in [0.25, 0.3) is 0 Å². The number of hydrogen-bond donors (Lipinski definition) is 3. The number of alkyl carbamates (subject to hydrolysis) is 1. The summed E-state index contributed by atoms with van der Waals surface area (Å²) in [6.07, 6.45) is 1.12. The number of ether oxygens (including phenoxy) is 1. The molecule has 8 nitrogen and oxygen atoms in total. The normalized spacial score (nSPS) is 12.5. The summed E-state index contributed by atoms with van der Waals surface area (Å²) in [7, 11) is 0. The van der Waals surface area contributed by atoms with Crippen molar-refractivity contribution in [3.63, 3.8) is 0 Å². The standard InChI is InChI=1S/C24H37N5O3.HI/c1-7-19-18(21(8-2)32-29-19)15-26-22(25-9-3)27-16-20(17-13-11-10-12-14-17)28-23(30)31-24(4,5)6;/h10-14,20H,7-9,15-16H2,1-6H3,(H,28,30)(H2,25,26,27);1H. The number of guanidine groups is 1. The van der Waals surface area contributed by atoms with Gasteiger partial charge in [0.05, 0.1) is 18.3 Å². The van der Waals surface area contributed by atoms with Crippen molar-refractivity contribution < 1.29 is 14.1 Å². The topological polar surface area (TPSA) is 101 Å². The molecule has 33 heavy (non-hydrogen) atoms. The van der Waals surface area contributed by atoms with Crippen molar-refractivity contribution in [1.29, 1.82) is 0 Å². The van der Waals surface area contributed by atoms with Crippen LogP contribution < -0.4 is 16.0 Å². The molecule has 1 unspecified atom stereocenters. The van der Waals surface area contributed by atoms with E-state index in [1.54, 1.807) is 0 Å². The van der Waals surface area contributed by atoms with E-state index in [-0.39, 0.29) is 30.0 Å². The van der Waals surface area contributed by atoms with Crippen molar-refractivity contribution >= 4 is 36.0 Å². The molecule has 1 aromatic heterocycles. The monoisotopic (exact) mass is 571 g/mol. The van der Waals surface area contributed by atoms with Gasteiger partial charge in [0.2, 0.25) is 0 Å². The van der Waals surface area contributed by atoms with Crippen LogP contribution in [0.5, 0.6) is 0 Å². The second-order valence-electron chi connectivity index (χ2n) is 8.42. The molecule has 1 aromatic carbocycles. The Labute approximate surface area is 214 Å². The maximum absolute atomic E-state index is 12.4. The van der Waals surface area contributed by atoms with E-state index in [0.717, 1.165) is 35.4 Å². The first kappa shape index (κ1) is 28.7. The molecule has 9 heteroatoms. The van der Waals surface area contributed by atoms with Crippen molar-refractivity contribution in [2.45, 2.75) is 72.6 Å². The number of hydrogen-bond acceptors (Lipinski definition) is 5. The van der Waals surface area contributed by atoms with Crippen molar-refractivity contribution in [2.75, 3.05) is 13.1 Å². The number of halogens is 1. The highest BCUT2D eigenvalue weighted by molar-refractivity contribution is 14.0. The van der Waals surface area contributed by atoms with Crippen LogP contribution in [0.15, 0.2) is 39.8 Å². The lowest BCUT2D eigenvalue weighted by Crippen LogP contribution is -2.44. The summed E-state index contributed by atoms with van der Waals surface area (Å²) >= 11 is 0. The number of nitrogens with one attached hydrogen (secondary N) is 3. The summed E-state index contributed by atoms with van der Waals surface area (Å²) in [5.41, 5.74) is 2.39. The molecule has 0 aliphatic rings. The minimum atomic E-state index is -0.568. The van der Waals surface area contributed by atoms with E-state index in [0.29, 0.717) is 25.6 Å². The van der Waals surface area contributed by atoms with E-state index in [9.17, 15) is 4.79 Å². The fourth-order valence-corrected chi connectivity index (χ4v) is 3.20. The number of amides is 1. The molecule has 0 saturated carbocycles. The first-order chi connectivity index (χ1) is 15.3. The Kier molecular flexibility index (Phi) is 12.2. The number of carbonyl (C=O) groups is 1. The van der Waals surface area contributed by atoms with E-state index in [1.165, 1.54) is 0 Å². The van der Waals surface area contributed by atoms with Gasteiger partial charge in [-0.05, 0) is 39.7 Å². The molecular formula is C24H38IN5O3. The smallest absolute Gasteiger partial charge is 0.408 e. The third-order valence-electron chi connectivity index (χ3n) is 4.71. The highest BCUT2D eigenvalue weighted by atomic mass is 127. The molecule has 1 heterocycles. The zero-order valence-corrected chi connectivity index (χ0v) is 22.9. The number of aliphatic imine (C=N–C) groups is 1. The maximum Gasteiger partial charge on any atom is 0.408 e. The lowest BCUT2D eigenvalue weighted by Gasteiger charge is -2.25. The highest BCUT2D eigenvalue weighted by Crippen LogP contribution is 2.17. The first-order valence-corrected chi connectivity index (χ1v) is 11.3. The lowest BCUT2D eigenvalue weighted by molar-refractivity contribution is 0.0504. The molecule has 0 aliphatic carbocycles. The molecule has 0 bridgehead atoms. The van der Waals surface area contributed by atoms with Crippen LogP contribution in [0.4, 0.5) is 4.79 Å². The Morgan fingerprint density at radius 2 is 1.82 bits per heavy atom. The van der Waals surface area contributed by atoms with Gasteiger partial charge in [-0.1, -0.05) is 49.3 Å². The zero-order chi connectivity index (χ0) is 23.6. The number of benzene rings is 1. The Bertz CT molecular complexity index is 856. The third kappa shape index (κ3) is 9.61. The highest BCUT2D eigenvalue weighted by Gasteiger charge is 2.21. The number of aryl methyl sites for hydroxylation is 2. The fourth-order valence-electron chi connectivity index (χ4n) is 3.20. The van der Waals surface area contributed by atoms with E-state index in [1.807, 2.05) is 65.0 Å². The second-order valence-corrected chi connectivity index (χ2v) is 8.42. The van der Waals surface area contributed by atoms with Gasteiger partial charge < -0.3 is 25.2 Å². The van der Waals surface area contributed by atoms with Gasteiger partial charge in [0.1, 0.15) is 11.4 Å².